The van der Waals surface area contributed by atoms with E-state index >= 15 is 0 Å². The van der Waals surface area contributed by atoms with E-state index < -0.39 is 21.0 Å². The summed E-state index contributed by atoms with van der Waals surface area (Å²) in [6, 6.07) is 9.69. The van der Waals surface area contributed by atoms with Crippen molar-refractivity contribution in [1.29, 1.82) is 0 Å². The van der Waals surface area contributed by atoms with E-state index in [1.165, 1.54) is 0 Å². The average Bonchev–Trinajstić information content (AvgIpc) is 2.42. The first-order chi connectivity index (χ1) is 8.69. The van der Waals surface area contributed by atoms with Crippen LogP contribution in [0.4, 0.5) is 0 Å². The number of benzene rings is 1. The maximum Gasteiger partial charge on any atom is 0.118 e. The molecule has 18 heavy (non-hydrogen) atoms. The summed E-state index contributed by atoms with van der Waals surface area (Å²) in [5, 5.41) is 18.8. The van der Waals surface area contributed by atoms with Gasteiger partial charge in [0.1, 0.15) is 4.08 Å². The SMILES string of the molecule is O=S1CCCS[C@@]1(C[C@@H](O)CO)c1ccccc1. The molecule has 0 saturated carbocycles. The van der Waals surface area contributed by atoms with E-state index in [1.54, 1.807) is 11.8 Å². The summed E-state index contributed by atoms with van der Waals surface area (Å²) in [7, 11) is -1.02. The summed E-state index contributed by atoms with van der Waals surface area (Å²) < 4.78 is 11.9. The van der Waals surface area contributed by atoms with Gasteiger partial charge in [-0.2, -0.15) is 0 Å². The summed E-state index contributed by atoms with van der Waals surface area (Å²) in [5.41, 5.74) is 0.987. The highest BCUT2D eigenvalue weighted by Crippen LogP contribution is 2.47. The summed E-state index contributed by atoms with van der Waals surface area (Å²) in [4.78, 5) is 0. The Morgan fingerprint density at radius 1 is 1.39 bits per heavy atom. The monoisotopic (exact) mass is 286 g/mol. The lowest BCUT2D eigenvalue weighted by Gasteiger charge is -2.37. The van der Waals surface area contributed by atoms with Gasteiger partial charge in [-0.1, -0.05) is 30.3 Å². The molecule has 0 aliphatic carbocycles. The predicted octanol–water partition coefficient (Wildman–Crippen LogP) is 1.47. The molecule has 2 N–H and O–H groups in total. The van der Waals surface area contributed by atoms with Gasteiger partial charge in [0.2, 0.25) is 0 Å². The van der Waals surface area contributed by atoms with E-state index in [9.17, 15) is 9.32 Å². The van der Waals surface area contributed by atoms with E-state index in [1.807, 2.05) is 30.3 Å². The smallest absolute Gasteiger partial charge is 0.118 e. The van der Waals surface area contributed by atoms with Crippen LogP contribution in [-0.2, 0) is 14.9 Å². The Labute approximate surface area is 114 Å². The van der Waals surface area contributed by atoms with Crippen LogP contribution in [0.3, 0.4) is 0 Å². The Morgan fingerprint density at radius 3 is 2.72 bits per heavy atom. The topological polar surface area (TPSA) is 57.5 Å². The van der Waals surface area contributed by atoms with Crippen LogP contribution in [-0.4, -0.2) is 38.6 Å². The molecule has 1 fully saturated rings. The highest BCUT2D eigenvalue weighted by atomic mass is 32.2. The van der Waals surface area contributed by atoms with Crippen molar-refractivity contribution < 1.29 is 14.4 Å². The molecule has 0 radical (unpaired) electrons. The Hall–Kier alpha value is -0.360. The van der Waals surface area contributed by atoms with Gasteiger partial charge in [0.15, 0.2) is 0 Å². The van der Waals surface area contributed by atoms with Gasteiger partial charge in [0.25, 0.3) is 0 Å². The minimum Gasteiger partial charge on any atom is -0.394 e. The van der Waals surface area contributed by atoms with Crippen LogP contribution in [0.5, 0.6) is 0 Å². The molecule has 1 aliphatic rings. The van der Waals surface area contributed by atoms with Gasteiger partial charge in [-0.3, -0.25) is 4.21 Å². The van der Waals surface area contributed by atoms with Gasteiger partial charge in [-0.15, -0.1) is 11.8 Å². The van der Waals surface area contributed by atoms with Crippen molar-refractivity contribution >= 4 is 22.6 Å². The number of rotatable bonds is 4. The second-order valence-electron chi connectivity index (χ2n) is 4.41. The standard InChI is InChI=1S/C13H18O3S2/c14-10-12(15)9-13(11-5-2-1-3-6-11)17-7-4-8-18(13)16/h1-3,5-6,12,14-15H,4,7-10H2/t12-,13-,18?/m1/s1. The maximum atomic E-state index is 12.5. The molecule has 3 atom stereocenters. The normalized spacial score (nSPS) is 30.0. The molecule has 3 nitrogen and oxygen atoms in total. The zero-order valence-electron chi connectivity index (χ0n) is 10.1. The second-order valence-corrected chi connectivity index (χ2v) is 7.86. The predicted molar refractivity (Wildman–Crippen MR) is 75.9 cm³/mol. The van der Waals surface area contributed by atoms with Gasteiger partial charge in [-0.25, -0.2) is 0 Å². The number of hydrogen-bond donors (Lipinski definition) is 2. The molecule has 1 saturated heterocycles. The first-order valence-corrected chi connectivity index (χ1v) is 8.36. The molecule has 5 heteroatoms. The zero-order chi connectivity index (χ0) is 13.0. The van der Waals surface area contributed by atoms with Gasteiger partial charge in [0.05, 0.1) is 12.7 Å². The van der Waals surface area contributed by atoms with Crippen molar-refractivity contribution in [2.75, 3.05) is 18.1 Å². The number of hydrogen-bond acceptors (Lipinski definition) is 4. The van der Waals surface area contributed by atoms with E-state index in [0.29, 0.717) is 12.2 Å². The molecular formula is C13H18O3S2. The lowest BCUT2D eigenvalue weighted by molar-refractivity contribution is 0.0853. The fourth-order valence-electron chi connectivity index (χ4n) is 2.21. The molecule has 2 rings (SSSR count). The minimum absolute atomic E-state index is 0.285. The van der Waals surface area contributed by atoms with Gasteiger partial charge >= 0.3 is 0 Å². The van der Waals surface area contributed by atoms with E-state index in [2.05, 4.69) is 0 Å². The molecule has 1 aromatic rings. The van der Waals surface area contributed by atoms with Gasteiger partial charge in [-0.05, 0) is 17.7 Å². The number of aliphatic hydroxyl groups is 2. The summed E-state index contributed by atoms with van der Waals surface area (Å²) in [6.45, 7) is -0.285. The molecule has 1 heterocycles. The van der Waals surface area contributed by atoms with Gasteiger partial charge < -0.3 is 10.2 Å². The van der Waals surface area contributed by atoms with Crippen LogP contribution in [0.25, 0.3) is 0 Å². The molecule has 0 aromatic heterocycles. The highest BCUT2D eigenvalue weighted by molar-refractivity contribution is 8.12. The van der Waals surface area contributed by atoms with Crippen molar-refractivity contribution in [2.45, 2.75) is 23.0 Å². The van der Waals surface area contributed by atoms with Crippen LogP contribution in [0.15, 0.2) is 30.3 Å². The maximum absolute atomic E-state index is 12.5. The van der Waals surface area contributed by atoms with Crippen molar-refractivity contribution in [3.8, 4) is 0 Å². The highest BCUT2D eigenvalue weighted by Gasteiger charge is 2.42. The number of aliphatic hydroxyl groups excluding tert-OH is 2. The molecule has 100 valence electrons. The van der Waals surface area contributed by atoms with Crippen LogP contribution < -0.4 is 0 Å². The molecular weight excluding hydrogens is 268 g/mol. The van der Waals surface area contributed by atoms with E-state index in [4.69, 9.17) is 5.11 Å². The third-order valence-corrected chi connectivity index (χ3v) is 7.18. The fourth-order valence-corrected chi connectivity index (χ4v) is 6.16. The van der Waals surface area contributed by atoms with Crippen LogP contribution >= 0.6 is 11.8 Å². The van der Waals surface area contributed by atoms with Crippen molar-refractivity contribution in [1.82, 2.24) is 0 Å². The Morgan fingerprint density at radius 2 is 2.11 bits per heavy atom. The zero-order valence-corrected chi connectivity index (χ0v) is 11.8. The first kappa shape index (κ1) is 14.1. The largest absolute Gasteiger partial charge is 0.394 e. The molecule has 1 aromatic carbocycles. The molecule has 0 bridgehead atoms. The van der Waals surface area contributed by atoms with Crippen LogP contribution in [0.1, 0.15) is 18.4 Å². The lowest BCUT2D eigenvalue weighted by Crippen LogP contribution is -2.38. The minimum atomic E-state index is -1.02. The quantitative estimate of drug-likeness (QED) is 0.880. The molecule has 1 aliphatic heterocycles. The molecule has 0 spiro atoms. The van der Waals surface area contributed by atoms with Crippen LogP contribution in [0.2, 0.25) is 0 Å². The average molecular weight is 286 g/mol. The van der Waals surface area contributed by atoms with Gasteiger partial charge in [0, 0.05) is 23.0 Å². The Balaban J connectivity index is 2.36. The Kier molecular flexibility index (Phi) is 4.84. The van der Waals surface area contributed by atoms with Crippen LogP contribution in [0, 0.1) is 0 Å². The summed E-state index contributed by atoms with van der Waals surface area (Å²) in [6.07, 6.45) is 0.464. The summed E-state index contributed by atoms with van der Waals surface area (Å²) in [5.74, 6) is 1.61. The van der Waals surface area contributed by atoms with Crippen molar-refractivity contribution in [3.63, 3.8) is 0 Å². The Bertz CT molecular complexity index is 410. The molecule has 0 amide bonds. The van der Waals surface area contributed by atoms with Crippen molar-refractivity contribution in [2.24, 2.45) is 0 Å². The molecule has 1 unspecified atom stereocenters. The van der Waals surface area contributed by atoms with E-state index in [-0.39, 0.29) is 6.61 Å². The number of thioether (sulfide) groups is 1. The third-order valence-electron chi connectivity index (χ3n) is 3.11. The lowest BCUT2D eigenvalue weighted by atomic mass is 10.1. The summed E-state index contributed by atoms with van der Waals surface area (Å²) >= 11 is 1.64. The third kappa shape index (κ3) is 2.79. The van der Waals surface area contributed by atoms with Crippen molar-refractivity contribution in [3.05, 3.63) is 35.9 Å². The fraction of sp³-hybridized carbons (Fsp3) is 0.538. The van der Waals surface area contributed by atoms with E-state index in [0.717, 1.165) is 17.7 Å². The first-order valence-electron chi connectivity index (χ1n) is 6.06. The second kappa shape index (κ2) is 6.19.